The molecule has 3 nitrogen and oxygen atoms in total. The van der Waals surface area contributed by atoms with E-state index in [1.54, 1.807) is 6.08 Å². The van der Waals surface area contributed by atoms with E-state index in [0.717, 1.165) is 23.1 Å². The van der Waals surface area contributed by atoms with Gasteiger partial charge in [-0.3, -0.25) is 9.69 Å². The highest BCUT2D eigenvalue weighted by Gasteiger charge is 2.28. The fourth-order valence-electron chi connectivity index (χ4n) is 2.47. The Hall–Kier alpha value is -1.13. The molecule has 1 fully saturated rings. The maximum atomic E-state index is 12.4. The van der Waals surface area contributed by atoms with Gasteiger partial charge in [0.05, 0.1) is 0 Å². The minimum absolute atomic E-state index is 0.0909. The van der Waals surface area contributed by atoms with Gasteiger partial charge in [0.15, 0.2) is 0 Å². The summed E-state index contributed by atoms with van der Waals surface area (Å²) in [6, 6.07) is 8.57. The van der Waals surface area contributed by atoms with Gasteiger partial charge >= 0.3 is 0 Å². The third kappa shape index (κ3) is 3.49. The van der Waals surface area contributed by atoms with Gasteiger partial charge in [0, 0.05) is 35.7 Å². The van der Waals surface area contributed by atoms with E-state index < -0.39 is 0 Å². The highest BCUT2D eigenvalue weighted by atomic mass is 79.9. The number of hydrogen-bond donors (Lipinski definition) is 0. The number of nitrogens with zero attached hydrogens (tertiary/aromatic N) is 2. The monoisotopic (exact) mass is 336 g/mol. The van der Waals surface area contributed by atoms with Gasteiger partial charge in [0.25, 0.3) is 0 Å². The molecular formula is C16H21BrN2O. The maximum Gasteiger partial charge on any atom is 0.246 e. The first-order chi connectivity index (χ1) is 9.49. The van der Waals surface area contributed by atoms with Crippen LogP contribution in [0.2, 0.25) is 0 Å². The summed E-state index contributed by atoms with van der Waals surface area (Å²) in [5.74, 6) is 0.0909. The Morgan fingerprint density at radius 2 is 1.95 bits per heavy atom. The second kappa shape index (κ2) is 6.55. The Kier molecular flexibility index (Phi) is 5.00. The molecule has 0 aliphatic carbocycles. The minimum atomic E-state index is 0.0909. The van der Waals surface area contributed by atoms with Crippen LogP contribution in [0, 0.1) is 0 Å². The van der Waals surface area contributed by atoms with Crippen molar-refractivity contribution in [1.82, 2.24) is 9.80 Å². The van der Waals surface area contributed by atoms with Gasteiger partial charge < -0.3 is 4.90 Å². The Bertz CT molecular complexity index is 515. The summed E-state index contributed by atoms with van der Waals surface area (Å²) in [4.78, 5) is 16.6. The number of piperazine rings is 1. The third-order valence-electron chi connectivity index (χ3n) is 3.89. The zero-order valence-corrected chi connectivity index (χ0v) is 13.8. The summed E-state index contributed by atoms with van der Waals surface area (Å²) in [6.07, 6.45) is 3.55. The SMILES string of the molecule is CC1CN(C(=O)/C=C/c2ccccc2Br)C(C)CN1C. The summed E-state index contributed by atoms with van der Waals surface area (Å²) >= 11 is 3.49. The topological polar surface area (TPSA) is 23.6 Å². The number of likely N-dealkylation sites (N-methyl/N-ethyl adjacent to an activating group) is 1. The normalized spacial score (nSPS) is 24.3. The molecule has 1 amide bonds. The van der Waals surface area contributed by atoms with Crippen LogP contribution in [0.1, 0.15) is 19.4 Å². The van der Waals surface area contributed by atoms with E-state index in [1.807, 2.05) is 35.2 Å². The number of carbonyl (C=O) groups is 1. The lowest BCUT2D eigenvalue weighted by Gasteiger charge is -2.42. The molecule has 0 bridgehead atoms. The van der Waals surface area contributed by atoms with E-state index in [-0.39, 0.29) is 11.9 Å². The summed E-state index contributed by atoms with van der Waals surface area (Å²) in [5.41, 5.74) is 1.02. The summed E-state index contributed by atoms with van der Waals surface area (Å²) in [5, 5.41) is 0. The molecule has 1 aromatic rings. The lowest BCUT2D eigenvalue weighted by Crippen LogP contribution is -2.56. The van der Waals surface area contributed by atoms with Gasteiger partial charge in [-0.25, -0.2) is 0 Å². The van der Waals surface area contributed by atoms with E-state index in [1.165, 1.54) is 0 Å². The van der Waals surface area contributed by atoms with Crippen molar-refractivity contribution < 1.29 is 4.79 Å². The number of amides is 1. The third-order valence-corrected chi connectivity index (χ3v) is 4.61. The Labute approximate surface area is 129 Å². The molecule has 2 atom stereocenters. The smallest absolute Gasteiger partial charge is 0.246 e. The second-order valence-corrected chi connectivity index (χ2v) is 6.34. The minimum Gasteiger partial charge on any atom is -0.334 e. The largest absolute Gasteiger partial charge is 0.334 e. The summed E-state index contributed by atoms with van der Waals surface area (Å²) in [7, 11) is 2.11. The van der Waals surface area contributed by atoms with Crippen molar-refractivity contribution in [3.05, 3.63) is 40.4 Å². The van der Waals surface area contributed by atoms with Crippen LogP contribution in [0.3, 0.4) is 0 Å². The molecule has 0 N–H and O–H groups in total. The molecule has 0 aromatic heterocycles. The van der Waals surface area contributed by atoms with Crippen LogP contribution < -0.4 is 0 Å². The average molecular weight is 337 g/mol. The van der Waals surface area contributed by atoms with Crippen LogP contribution in [-0.2, 0) is 4.79 Å². The maximum absolute atomic E-state index is 12.4. The van der Waals surface area contributed by atoms with Crippen molar-refractivity contribution in [2.24, 2.45) is 0 Å². The predicted octanol–water partition coefficient (Wildman–Crippen LogP) is 3.01. The molecule has 1 saturated heterocycles. The van der Waals surface area contributed by atoms with Gasteiger partial charge in [-0.2, -0.15) is 0 Å². The highest BCUT2D eigenvalue weighted by molar-refractivity contribution is 9.10. The molecule has 20 heavy (non-hydrogen) atoms. The van der Waals surface area contributed by atoms with Crippen molar-refractivity contribution in [3.63, 3.8) is 0 Å². The van der Waals surface area contributed by atoms with Gasteiger partial charge in [0.2, 0.25) is 5.91 Å². The van der Waals surface area contributed by atoms with Crippen molar-refractivity contribution in [2.75, 3.05) is 20.1 Å². The number of halogens is 1. The second-order valence-electron chi connectivity index (χ2n) is 5.48. The first kappa shape index (κ1) is 15.3. The zero-order chi connectivity index (χ0) is 14.7. The summed E-state index contributed by atoms with van der Waals surface area (Å²) in [6.45, 7) is 5.97. The molecule has 1 heterocycles. The fraction of sp³-hybridized carbons (Fsp3) is 0.438. The molecule has 0 radical (unpaired) electrons. The van der Waals surface area contributed by atoms with Gasteiger partial charge in [-0.1, -0.05) is 34.1 Å². The van der Waals surface area contributed by atoms with Crippen LogP contribution in [0.4, 0.5) is 0 Å². The first-order valence-electron chi connectivity index (χ1n) is 6.92. The van der Waals surface area contributed by atoms with E-state index in [0.29, 0.717) is 6.04 Å². The predicted molar refractivity (Wildman–Crippen MR) is 86.4 cm³/mol. The molecular weight excluding hydrogens is 316 g/mol. The van der Waals surface area contributed by atoms with Crippen molar-refractivity contribution in [3.8, 4) is 0 Å². The Balaban J connectivity index is 2.06. The van der Waals surface area contributed by atoms with Crippen molar-refractivity contribution in [1.29, 1.82) is 0 Å². The molecule has 1 aliphatic heterocycles. The van der Waals surface area contributed by atoms with Crippen LogP contribution >= 0.6 is 15.9 Å². The van der Waals surface area contributed by atoms with E-state index >= 15 is 0 Å². The van der Waals surface area contributed by atoms with E-state index in [2.05, 4.69) is 41.7 Å². The Morgan fingerprint density at radius 3 is 2.65 bits per heavy atom. The van der Waals surface area contributed by atoms with Crippen LogP contribution in [0.15, 0.2) is 34.8 Å². The van der Waals surface area contributed by atoms with Crippen LogP contribution in [0.25, 0.3) is 6.08 Å². The number of carbonyl (C=O) groups excluding carboxylic acids is 1. The molecule has 4 heteroatoms. The molecule has 0 saturated carbocycles. The quantitative estimate of drug-likeness (QED) is 0.775. The average Bonchev–Trinajstić information content (AvgIpc) is 2.41. The summed E-state index contributed by atoms with van der Waals surface area (Å²) < 4.78 is 1.00. The standard InChI is InChI=1S/C16H21BrN2O/c1-12-11-19(13(2)10-18(12)3)16(20)9-8-14-6-4-5-7-15(14)17/h4-9,12-13H,10-11H2,1-3H3/b9-8+. The number of hydrogen-bond acceptors (Lipinski definition) is 2. The Morgan fingerprint density at radius 1 is 1.25 bits per heavy atom. The molecule has 2 rings (SSSR count). The van der Waals surface area contributed by atoms with Gasteiger partial charge in [-0.15, -0.1) is 0 Å². The lowest BCUT2D eigenvalue weighted by atomic mass is 10.1. The molecule has 1 aromatic carbocycles. The number of rotatable bonds is 2. The van der Waals surface area contributed by atoms with E-state index in [4.69, 9.17) is 0 Å². The van der Waals surface area contributed by atoms with Gasteiger partial charge in [-0.05, 0) is 38.6 Å². The van der Waals surface area contributed by atoms with Crippen molar-refractivity contribution in [2.45, 2.75) is 25.9 Å². The highest BCUT2D eigenvalue weighted by Crippen LogP contribution is 2.18. The molecule has 1 aliphatic rings. The van der Waals surface area contributed by atoms with Crippen LogP contribution in [0.5, 0.6) is 0 Å². The number of benzene rings is 1. The van der Waals surface area contributed by atoms with Gasteiger partial charge in [0.1, 0.15) is 0 Å². The fourth-order valence-corrected chi connectivity index (χ4v) is 2.89. The lowest BCUT2D eigenvalue weighted by molar-refractivity contribution is -0.131. The molecule has 0 spiro atoms. The van der Waals surface area contributed by atoms with Crippen molar-refractivity contribution >= 4 is 27.9 Å². The first-order valence-corrected chi connectivity index (χ1v) is 7.72. The zero-order valence-electron chi connectivity index (χ0n) is 12.2. The molecule has 2 unspecified atom stereocenters. The van der Waals surface area contributed by atoms with Crippen LogP contribution in [-0.4, -0.2) is 47.9 Å². The van der Waals surface area contributed by atoms with E-state index in [9.17, 15) is 4.79 Å². The molecule has 108 valence electrons.